The zero-order chi connectivity index (χ0) is 17.6. The van der Waals surface area contributed by atoms with Crippen LogP contribution in [0.4, 0.5) is 10.5 Å². The number of hydrogen-bond acceptors (Lipinski definition) is 6. The molecule has 2 heterocycles. The summed E-state index contributed by atoms with van der Waals surface area (Å²) in [7, 11) is 1.66. The number of carbonyl (C=O) groups excluding carboxylic acids is 1. The number of aromatic nitrogens is 1. The number of amides is 1. The molecule has 7 nitrogen and oxygen atoms in total. The summed E-state index contributed by atoms with van der Waals surface area (Å²) in [5.41, 5.74) is 0.131. The fourth-order valence-electron chi connectivity index (χ4n) is 2.20. The zero-order valence-corrected chi connectivity index (χ0v) is 14.9. The Labute approximate surface area is 143 Å². The Morgan fingerprint density at radius 2 is 2.04 bits per heavy atom. The smallest absolute Gasteiger partial charge is 0.414 e. The third-order valence-electron chi connectivity index (χ3n) is 3.54. The van der Waals surface area contributed by atoms with E-state index < -0.39 is 11.7 Å². The topological polar surface area (TPSA) is 64.1 Å². The van der Waals surface area contributed by atoms with Gasteiger partial charge >= 0.3 is 6.09 Å². The summed E-state index contributed by atoms with van der Waals surface area (Å²) in [5, 5.41) is 0. The lowest BCUT2D eigenvalue weighted by molar-refractivity contribution is 0.0320. The molecule has 7 heteroatoms. The predicted molar refractivity (Wildman–Crippen MR) is 91.6 cm³/mol. The fraction of sp³-hybridized carbons (Fsp3) is 0.647. The molecule has 1 amide bonds. The molecule has 1 fully saturated rings. The third kappa shape index (κ3) is 5.98. The Morgan fingerprint density at radius 1 is 1.33 bits per heavy atom. The average molecular weight is 337 g/mol. The highest BCUT2D eigenvalue weighted by Crippen LogP contribution is 2.18. The first-order valence-corrected chi connectivity index (χ1v) is 8.21. The van der Waals surface area contributed by atoms with Crippen LogP contribution in [0.3, 0.4) is 0 Å². The van der Waals surface area contributed by atoms with E-state index in [2.05, 4.69) is 9.88 Å². The van der Waals surface area contributed by atoms with Crippen molar-refractivity contribution in [3.05, 3.63) is 18.3 Å². The molecule has 0 atom stereocenters. The molecule has 0 aliphatic carbocycles. The van der Waals surface area contributed by atoms with E-state index in [1.807, 2.05) is 20.8 Å². The molecule has 0 radical (unpaired) electrons. The molecular formula is C17H27N3O4. The van der Waals surface area contributed by atoms with Crippen molar-refractivity contribution >= 4 is 11.8 Å². The monoisotopic (exact) mass is 337 g/mol. The van der Waals surface area contributed by atoms with Crippen molar-refractivity contribution in [3.63, 3.8) is 0 Å². The summed E-state index contributed by atoms with van der Waals surface area (Å²) < 4.78 is 16.3. The highest BCUT2D eigenvalue weighted by molar-refractivity contribution is 5.86. The Hall–Kier alpha value is -1.86. The van der Waals surface area contributed by atoms with Gasteiger partial charge in [0.25, 0.3) is 0 Å². The lowest BCUT2D eigenvalue weighted by atomic mass is 10.2. The molecule has 1 aliphatic heterocycles. The van der Waals surface area contributed by atoms with Gasteiger partial charge in [-0.3, -0.25) is 9.80 Å². The molecule has 0 saturated carbocycles. The van der Waals surface area contributed by atoms with Gasteiger partial charge in [-0.25, -0.2) is 9.78 Å². The zero-order valence-electron chi connectivity index (χ0n) is 14.9. The van der Waals surface area contributed by atoms with Gasteiger partial charge in [-0.05, 0) is 26.8 Å². The first-order valence-electron chi connectivity index (χ1n) is 8.21. The van der Waals surface area contributed by atoms with Crippen molar-refractivity contribution in [2.24, 2.45) is 0 Å². The molecule has 0 spiro atoms. The van der Waals surface area contributed by atoms with Crippen LogP contribution in [0.2, 0.25) is 0 Å². The van der Waals surface area contributed by atoms with E-state index in [9.17, 15) is 4.79 Å². The van der Waals surface area contributed by atoms with Gasteiger partial charge in [0.1, 0.15) is 12.2 Å². The second-order valence-corrected chi connectivity index (χ2v) is 6.70. The minimum atomic E-state index is -0.526. The van der Waals surface area contributed by atoms with Crippen LogP contribution < -0.4 is 9.64 Å². The number of nitrogens with zero attached hydrogens (tertiary/aromatic N) is 3. The molecule has 1 aromatic heterocycles. The van der Waals surface area contributed by atoms with E-state index in [1.54, 1.807) is 25.4 Å². The highest BCUT2D eigenvalue weighted by Gasteiger charge is 2.20. The first-order chi connectivity index (χ1) is 11.3. The van der Waals surface area contributed by atoms with Crippen molar-refractivity contribution in [3.8, 4) is 5.88 Å². The molecule has 24 heavy (non-hydrogen) atoms. The van der Waals surface area contributed by atoms with Gasteiger partial charge < -0.3 is 14.2 Å². The summed E-state index contributed by atoms with van der Waals surface area (Å²) in [4.78, 5) is 20.0. The van der Waals surface area contributed by atoms with Crippen LogP contribution in [-0.4, -0.2) is 68.1 Å². The number of pyridine rings is 1. The maximum Gasteiger partial charge on any atom is 0.414 e. The van der Waals surface area contributed by atoms with Crippen molar-refractivity contribution in [1.82, 2.24) is 9.88 Å². The van der Waals surface area contributed by atoms with E-state index in [0.29, 0.717) is 18.2 Å². The number of ether oxygens (including phenoxy) is 3. The van der Waals surface area contributed by atoms with Gasteiger partial charge in [-0.2, -0.15) is 0 Å². The molecule has 1 saturated heterocycles. The molecule has 0 bridgehead atoms. The number of morpholine rings is 1. The van der Waals surface area contributed by atoms with Crippen molar-refractivity contribution < 1.29 is 19.0 Å². The Bertz CT molecular complexity index is 522. The van der Waals surface area contributed by atoms with Crippen LogP contribution in [0.1, 0.15) is 20.8 Å². The number of anilines is 1. The van der Waals surface area contributed by atoms with Crippen LogP contribution in [-0.2, 0) is 9.47 Å². The standard InChI is InChI=1S/C17H27N3O4/c1-17(2,3)24-16(21)19(4)14-5-6-15(18-13-14)23-12-9-20-7-10-22-11-8-20/h5-6,13H,7-12H2,1-4H3. The number of rotatable bonds is 5. The molecular weight excluding hydrogens is 310 g/mol. The lowest BCUT2D eigenvalue weighted by Crippen LogP contribution is -2.38. The Morgan fingerprint density at radius 3 is 2.62 bits per heavy atom. The van der Waals surface area contributed by atoms with Gasteiger partial charge in [-0.15, -0.1) is 0 Å². The predicted octanol–water partition coefficient (Wildman–Crippen LogP) is 2.16. The van der Waals surface area contributed by atoms with Crippen molar-refractivity contribution in [2.45, 2.75) is 26.4 Å². The summed E-state index contributed by atoms with van der Waals surface area (Å²) in [6.07, 6.45) is 1.19. The van der Waals surface area contributed by atoms with E-state index in [1.165, 1.54) is 4.90 Å². The SMILES string of the molecule is CN(C(=O)OC(C)(C)C)c1ccc(OCCN2CCOCC2)nc1. The van der Waals surface area contributed by atoms with Crippen LogP contribution in [0, 0.1) is 0 Å². The largest absolute Gasteiger partial charge is 0.476 e. The summed E-state index contributed by atoms with van der Waals surface area (Å²) in [5.74, 6) is 0.546. The summed E-state index contributed by atoms with van der Waals surface area (Å²) in [6, 6.07) is 3.55. The number of hydrogen-bond donors (Lipinski definition) is 0. The fourth-order valence-corrected chi connectivity index (χ4v) is 2.20. The highest BCUT2D eigenvalue weighted by atomic mass is 16.6. The van der Waals surface area contributed by atoms with Gasteiger partial charge in [0.15, 0.2) is 0 Å². The van der Waals surface area contributed by atoms with Crippen molar-refractivity contribution in [1.29, 1.82) is 0 Å². The molecule has 134 valence electrons. The normalized spacial score (nSPS) is 15.8. The average Bonchev–Trinajstić information content (AvgIpc) is 2.54. The lowest BCUT2D eigenvalue weighted by Gasteiger charge is -2.26. The van der Waals surface area contributed by atoms with Crippen LogP contribution in [0.25, 0.3) is 0 Å². The third-order valence-corrected chi connectivity index (χ3v) is 3.54. The van der Waals surface area contributed by atoms with Gasteiger partial charge in [0.2, 0.25) is 5.88 Å². The quantitative estimate of drug-likeness (QED) is 0.820. The second kappa shape index (κ2) is 8.30. The number of carbonyl (C=O) groups is 1. The van der Waals surface area contributed by atoms with E-state index >= 15 is 0 Å². The summed E-state index contributed by atoms with van der Waals surface area (Å²) >= 11 is 0. The second-order valence-electron chi connectivity index (χ2n) is 6.70. The molecule has 0 unspecified atom stereocenters. The maximum atomic E-state index is 12.0. The molecule has 0 aromatic carbocycles. The maximum absolute atomic E-state index is 12.0. The van der Waals surface area contributed by atoms with Crippen molar-refractivity contribution in [2.75, 3.05) is 51.4 Å². The Kier molecular flexibility index (Phi) is 6.39. The van der Waals surface area contributed by atoms with E-state index in [0.717, 1.165) is 32.8 Å². The van der Waals surface area contributed by atoms with Crippen LogP contribution >= 0.6 is 0 Å². The van der Waals surface area contributed by atoms with E-state index in [-0.39, 0.29) is 0 Å². The van der Waals surface area contributed by atoms with Crippen LogP contribution in [0.15, 0.2) is 18.3 Å². The van der Waals surface area contributed by atoms with Crippen LogP contribution in [0.5, 0.6) is 5.88 Å². The summed E-state index contributed by atoms with van der Waals surface area (Å²) in [6.45, 7) is 10.4. The molecule has 1 aliphatic rings. The molecule has 2 rings (SSSR count). The Balaban J connectivity index is 1.80. The van der Waals surface area contributed by atoms with Gasteiger partial charge in [0, 0.05) is 32.7 Å². The van der Waals surface area contributed by atoms with Gasteiger partial charge in [-0.1, -0.05) is 0 Å². The molecule has 0 N–H and O–H groups in total. The van der Waals surface area contributed by atoms with Gasteiger partial charge in [0.05, 0.1) is 25.1 Å². The first kappa shape index (κ1) is 18.5. The minimum absolute atomic E-state index is 0.412. The molecule has 1 aromatic rings. The minimum Gasteiger partial charge on any atom is -0.476 e. The van der Waals surface area contributed by atoms with E-state index in [4.69, 9.17) is 14.2 Å².